The summed E-state index contributed by atoms with van der Waals surface area (Å²) < 4.78 is 10.1. The second-order valence-corrected chi connectivity index (χ2v) is 5.23. The van der Waals surface area contributed by atoms with Gasteiger partial charge in [0.05, 0.1) is 19.3 Å². The standard InChI is InChI=1S/C13H20N2O3/c1-13(2,3)6-8-18-11-10(14)9(5-7-15-11)12(16)17-4/h5,7H,6,8,14H2,1-4H3. The van der Waals surface area contributed by atoms with E-state index in [2.05, 4.69) is 30.5 Å². The number of pyridine rings is 1. The molecule has 0 aliphatic heterocycles. The summed E-state index contributed by atoms with van der Waals surface area (Å²) in [5.41, 5.74) is 6.49. The normalized spacial score (nSPS) is 11.1. The summed E-state index contributed by atoms with van der Waals surface area (Å²) in [4.78, 5) is 15.5. The van der Waals surface area contributed by atoms with E-state index in [1.54, 1.807) is 0 Å². The van der Waals surface area contributed by atoms with Crippen LogP contribution in [0.15, 0.2) is 12.3 Å². The number of anilines is 1. The smallest absolute Gasteiger partial charge is 0.340 e. The molecule has 0 unspecified atom stereocenters. The molecule has 0 spiro atoms. The quantitative estimate of drug-likeness (QED) is 0.832. The molecule has 0 saturated carbocycles. The molecule has 0 aliphatic carbocycles. The van der Waals surface area contributed by atoms with Crippen LogP contribution in [0.1, 0.15) is 37.6 Å². The Labute approximate surface area is 107 Å². The highest BCUT2D eigenvalue weighted by Crippen LogP contribution is 2.24. The van der Waals surface area contributed by atoms with Gasteiger partial charge in [-0.05, 0) is 17.9 Å². The van der Waals surface area contributed by atoms with Crippen LogP contribution in [0, 0.1) is 5.41 Å². The molecule has 0 fully saturated rings. The Morgan fingerprint density at radius 2 is 2.11 bits per heavy atom. The Morgan fingerprint density at radius 1 is 1.44 bits per heavy atom. The number of aromatic nitrogens is 1. The molecule has 1 heterocycles. The van der Waals surface area contributed by atoms with Gasteiger partial charge in [-0.25, -0.2) is 9.78 Å². The number of nitrogens with two attached hydrogens (primary N) is 1. The van der Waals surface area contributed by atoms with Crippen LogP contribution in [-0.4, -0.2) is 24.7 Å². The lowest BCUT2D eigenvalue weighted by Crippen LogP contribution is -2.13. The number of carbonyl (C=O) groups excluding carboxylic acids is 1. The molecule has 5 nitrogen and oxygen atoms in total. The van der Waals surface area contributed by atoms with Gasteiger partial charge in [0.1, 0.15) is 5.69 Å². The molecule has 0 aromatic carbocycles. The summed E-state index contributed by atoms with van der Waals surface area (Å²) in [5.74, 6) is -0.210. The highest BCUT2D eigenvalue weighted by Gasteiger charge is 2.16. The summed E-state index contributed by atoms with van der Waals surface area (Å²) >= 11 is 0. The second-order valence-electron chi connectivity index (χ2n) is 5.23. The summed E-state index contributed by atoms with van der Waals surface area (Å²) in [6.45, 7) is 6.87. The zero-order valence-electron chi connectivity index (χ0n) is 11.3. The van der Waals surface area contributed by atoms with Crippen molar-refractivity contribution in [2.24, 2.45) is 5.41 Å². The van der Waals surface area contributed by atoms with Crippen molar-refractivity contribution in [2.45, 2.75) is 27.2 Å². The number of esters is 1. The Kier molecular flexibility index (Phi) is 4.53. The predicted octanol–water partition coefficient (Wildman–Crippen LogP) is 2.27. The van der Waals surface area contributed by atoms with Gasteiger partial charge in [-0.1, -0.05) is 20.8 Å². The van der Waals surface area contributed by atoms with Crippen LogP contribution < -0.4 is 10.5 Å². The summed E-state index contributed by atoms with van der Waals surface area (Å²) in [5, 5.41) is 0. The van der Waals surface area contributed by atoms with Gasteiger partial charge in [0.15, 0.2) is 0 Å². The van der Waals surface area contributed by atoms with Crippen LogP contribution >= 0.6 is 0 Å². The predicted molar refractivity (Wildman–Crippen MR) is 69.6 cm³/mol. The van der Waals surface area contributed by atoms with Crippen LogP contribution in [0.4, 0.5) is 5.69 Å². The largest absolute Gasteiger partial charge is 0.476 e. The van der Waals surface area contributed by atoms with Crippen molar-refractivity contribution in [3.63, 3.8) is 0 Å². The summed E-state index contributed by atoms with van der Waals surface area (Å²) in [7, 11) is 1.31. The van der Waals surface area contributed by atoms with Gasteiger partial charge in [-0.15, -0.1) is 0 Å². The summed E-state index contributed by atoms with van der Waals surface area (Å²) in [6.07, 6.45) is 2.35. The zero-order valence-corrected chi connectivity index (χ0v) is 11.3. The van der Waals surface area contributed by atoms with E-state index < -0.39 is 5.97 Å². The van der Waals surface area contributed by atoms with Gasteiger partial charge in [0.25, 0.3) is 0 Å². The number of carbonyl (C=O) groups is 1. The third kappa shape index (κ3) is 3.91. The first kappa shape index (κ1) is 14.3. The van der Waals surface area contributed by atoms with E-state index in [9.17, 15) is 4.79 Å². The average molecular weight is 252 g/mol. The maximum Gasteiger partial charge on any atom is 0.340 e. The van der Waals surface area contributed by atoms with Gasteiger partial charge in [-0.3, -0.25) is 0 Å². The third-order valence-corrected chi connectivity index (χ3v) is 2.45. The maximum absolute atomic E-state index is 11.4. The topological polar surface area (TPSA) is 74.4 Å². The van der Waals surface area contributed by atoms with E-state index in [-0.39, 0.29) is 22.5 Å². The Morgan fingerprint density at radius 3 is 2.67 bits per heavy atom. The highest BCUT2D eigenvalue weighted by atomic mass is 16.5. The fourth-order valence-corrected chi connectivity index (χ4v) is 1.31. The van der Waals surface area contributed by atoms with Gasteiger partial charge in [-0.2, -0.15) is 0 Å². The van der Waals surface area contributed by atoms with Crippen LogP contribution in [0.5, 0.6) is 5.88 Å². The fraction of sp³-hybridized carbons (Fsp3) is 0.538. The molecule has 0 saturated heterocycles. The Hall–Kier alpha value is -1.78. The first-order valence-electron chi connectivity index (χ1n) is 5.81. The number of rotatable bonds is 4. The van der Waals surface area contributed by atoms with E-state index >= 15 is 0 Å². The molecular weight excluding hydrogens is 232 g/mol. The van der Waals surface area contributed by atoms with Gasteiger partial charge >= 0.3 is 5.97 Å². The first-order valence-corrected chi connectivity index (χ1v) is 5.81. The monoisotopic (exact) mass is 252 g/mol. The molecule has 1 aromatic heterocycles. The Balaban J connectivity index is 2.75. The molecular formula is C13H20N2O3. The van der Waals surface area contributed by atoms with Gasteiger partial charge in [0.2, 0.25) is 5.88 Å². The van der Waals surface area contributed by atoms with Crippen molar-refractivity contribution in [3.05, 3.63) is 17.8 Å². The molecule has 5 heteroatoms. The first-order chi connectivity index (χ1) is 8.35. The molecule has 0 aliphatic rings. The average Bonchev–Trinajstić information content (AvgIpc) is 2.29. The highest BCUT2D eigenvalue weighted by molar-refractivity contribution is 5.95. The van der Waals surface area contributed by atoms with Crippen LogP contribution in [0.3, 0.4) is 0 Å². The van der Waals surface area contributed by atoms with E-state index in [1.165, 1.54) is 19.4 Å². The van der Waals surface area contributed by atoms with Gasteiger partial charge < -0.3 is 15.2 Å². The number of hydrogen-bond acceptors (Lipinski definition) is 5. The number of nitrogens with zero attached hydrogens (tertiary/aromatic N) is 1. The number of hydrogen-bond donors (Lipinski definition) is 1. The third-order valence-electron chi connectivity index (χ3n) is 2.45. The van der Waals surface area contributed by atoms with E-state index in [1.807, 2.05) is 0 Å². The maximum atomic E-state index is 11.4. The lowest BCUT2D eigenvalue weighted by Gasteiger charge is -2.18. The molecule has 0 bridgehead atoms. The van der Waals surface area contributed by atoms with E-state index in [4.69, 9.17) is 10.5 Å². The van der Waals surface area contributed by atoms with Crippen molar-refractivity contribution in [1.82, 2.24) is 4.98 Å². The van der Waals surface area contributed by atoms with Crippen molar-refractivity contribution in [3.8, 4) is 5.88 Å². The molecule has 100 valence electrons. The van der Waals surface area contributed by atoms with Gasteiger partial charge in [0, 0.05) is 6.20 Å². The second kappa shape index (κ2) is 5.71. The fourth-order valence-electron chi connectivity index (χ4n) is 1.31. The minimum atomic E-state index is -0.490. The minimum Gasteiger partial charge on any atom is -0.476 e. The minimum absolute atomic E-state index is 0.175. The molecule has 0 atom stereocenters. The number of methoxy groups -OCH3 is 1. The molecule has 1 aromatic rings. The molecule has 1 rings (SSSR count). The van der Waals surface area contributed by atoms with E-state index in [0.29, 0.717) is 6.61 Å². The van der Waals surface area contributed by atoms with Crippen molar-refractivity contribution in [1.29, 1.82) is 0 Å². The number of ether oxygens (including phenoxy) is 2. The van der Waals surface area contributed by atoms with E-state index in [0.717, 1.165) is 6.42 Å². The Bertz CT molecular complexity index is 425. The lowest BCUT2D eigenvalue weighted by molar-refractivity contribution is 0.0601. The lowest BCUT2D eigenvalue weighted by atomic mass is 9.93. The van der Waals surface area contributed by atoms with Crippen LogP contribution in [-0.2, 0) is 4.74 Å². The number of nitrogen functional groups attached to an aromatic ring is 1. The molecule has 18 heavy (non-hydrogen) atoms. The molecule has 2 N–H and O–H groups in total. The zero-order chi connectivity index (χ0) is 13.8. The summed E-state index contributed by atoms with van der Waals surface area (Å²) in [6, 6.07) is 1.51. The SMILES string of the molecule is COC(=O)c1ccnc(OCCC(C)(C)C)c1N. The van der Waals surface area contributed by atoms with Crippen molar-refractivity contribution in [2.75, 3.05) is 19.5 Å². The molecule has 0 radical (unpaired) electrons. The van der Waals surface area contributed by atoms with Crippen LogP contribution in [0.25, 0.3) is 0 Å². The van der Waals surface area contributed by atoms with Crippen LogP contribution in [0.2, 0.25) is 0 Å². The molecule has 0 amide bonds. The van der Waals surface area contributed by atoms with Crippen molar-refractivity contribution >= 4 is 11.7 Å². The van der Waals surface area contributed by atoms with Crippen molar-refractivity contribution < 1.29 is 14.3 Å².